The molecule has 3 rings (SSSR count). The van der Waals surface area contributed by atoms with Crippen LogP contribution < -0.4 is 10.6 Å². The molecule has 0 spiro atoms. The molecule has 1 aromatic heterocycles. The molecular formula is C30H42N4O5. The molecule has 9 heteroatoms. The maximum atomic E-state index is 13.8. The molecule has 1 aliphatic heterocycles. The number of carbonyl (C=O) groups excluding carboxylic acids is 3. The topological polar surface area (TPSA) is 110 Å². The summed E-state index contributed by atoms with van der Waals surface area (Å²) in [6.45, 7) is 8.07. The van der Waals surface area contributed by atoms with E-state index in [1.54, 1.807) is 31.5 Å². The van der Waals surface area contributed by atoms with Crippen LogP contribution in [0.25, 0.3) is 0 Å². The van der Waals surface area contributed by atoms with Crippen LogP contribution in [0, 0.1) is 11.3 Å². The average molecular weight is 539 g/mol. The number of nitrogens with zero attached hydrogens (tertiary/aromatic N) is 2. The SMILES string of the molecule is C[C@@H]([C@@H](CCCc1ccccc1)C(=O)N[C@H](C(=O)Nc1cccnc1)C(C)(C)C)N(C=O)OC1CCCCO1. The van der Waals surface area contributed by atoms with Crippen molar-refractivity contribution in [2.45, 2.75) is 84.6 Å². The Kier molecular flexibility index (Phi) is 11.4. The van der Waals surface area contributed by atoms with Gasteiger partial charge in [-0.05, 0) is 62.1 Å². The van der Waals surface area contributed by atoms with E-state index < -0.39 is 29.7 Å². The lowest BCUT2D eigenvalue weighted by molar-refractivity contribution is -0.287. The Morgan fingerprint density at radius 1 is 1.15 bits per heavy atom. The fourth-order valence-corrected chi connectivity index (χ4v) is 4.66. The smallest absolute Gasteiger partial charge is 0.247 e. The molecule has 1 aromatic carbocycles. The van der Waals surface area contributed by atoms with Crippen LogP contribution >= 0.6 is 0 Å². The maximum Gasteiger partial charge on any atom is 0.247 e. The van der Waals surface area contributed by atoms with E-state index in [4.69, 9.17) is 9.57 Å². The summed E-state index contributed by atoms with van der Waals surface area (Å²) in [5.41, 5.74) is 1.15. The minimum Gasteiger partial charge on any atom is -0.350 e. The Hall–Kier alpha value is -3.30. The van der Waals surface area contributed by atoms with Crippen molar-refractivity contribution >= 4 is 23.9 Å². The van der Waals surface area contributed by atoms with Crippen molar-refractivity contribution in [3.05, 3.63) is 60.4 Å². The number of amides is 3. The minimum atomic E-state index is -0.818. The second-order valence-corrected chi connectivity index (χ2v) is 11.1. The highest BCUT2D eigenvalue weighted by Gasteiger charge is 2.37. The highest BCUT2D eigenvalue weighted by atomic mass is 16.8. The first-order valence-electron chi connectivity index (χ1n) is 13.8. The summed E-state index contributed by atoms with van der Waals surface area (Å²) >= 11 is 0. The van der Waals surface area contributed by atoms with Gasteiger partial charge in [-0.2, -0.15) is 0 Å². The molecule has 2 N–H and O–H groups in total. The fourth-order valence-electron chi connectivity index (χ4n) is 4.66. The molecule has 2 aromatic rings. The van der Waals surface area contributed by atoms with E-state index in [0.717, 1.165) is 25.7 Å². The van der Waals surface area contributed by atoms with Crippen molar-refractivity contribution in [1.29, 1.82) is 0 Å². The van der Waals surface area contributed by atoms with Crippen LogP contribution in [-0.4, -0.2) is 53.3 Å². The zero-order valence-corrected chi connectivity index (χ0v) is 23.5. The van der Waals surface area contributed by atoms with Gasteiger partial charge in [0.1, 0.15) is 6.04 Å². The largest absolute Gasteiger partial charge is 0.350 e. The third-order valence-electron chi connectivity index (χ3n) is 6.97. The lowest BCUT2D eigenvalue weighted by Crippen LogP contribution is -2.55. The van der Waals surface area contributed by atoms with Crippen molar-refractivity contribution in [3.8, 4) is 0 Å². The van der Waals surface area contributed by atoms with Gasteiger partial charge in [0.2, 0.25) is 18.2 Å². The van der Waals surface area contributed by atoms with E-state index in [0.29, 0.717) is 31.5 Å². The number of rotatable bonds is 13. The average Bonchev–Trinajstić information content (AvgIpc) is 2.93. The van der Waals surface area contributed by atoms with E-state index in [-0.39, 0.29) is 11.8 Å². The number of hydroxylamine groups is 2. The number of hydrogen-bond acceptors (Lipinski definition) is 6. The minimum absolute atomic E-state index is 0.308. The van der Waals surface area contributed by atoms with Gasteiger partial charge in [-0.1, -0.05) is 51.1 Å². The molecular weight excluding hydrogens is 496 g/mol. The first-order chi connectivity index (χ1) is 18.7. The van der Waals surface area contributed by atoms with Crippen molar-refractivity contribution in [2.75, 3.05) is 11.9 Å². The van der Waals surface area contributed by atoms with Gasteiger partial charge < -0.3 is 15.4 Å². The molecule has 1 saturated heterocycles. The van der Waals surface area contributed by atoms with Gasteiger partial charge in [0.15, 0.2) is 6.29 Å². The molecule has 3 amide bonds. The van der Waals surface area contributed by atoms with Crippen LogP contribution in [0.4, 0.5) is 5.69 Å². The van der Waals surface area contributed by atoms with E-state index in [2.05, 4.69) is 27.8 Å². The molecule has 1 aliphatic rings. The number of carbonyl (C=O) groups is 3. The quantitative estimate of drug-likeness (QED) is 0.287. The summed E-state index contributed by atoms with van der Waals surface area (Å²) in [4.78, 5) is 49.1. The van der Waals surface area contributed by atoms with Crippen LogP contribution in [0.1, 0.15) is 65.4 Å². The normalized spacial score (nSPS) is 17.9. The molecule has 0 aliphatic carbocycles. The molecule has 9 nitrogen and oxygen atoms in total. The summed E-state index contributed by atoms with van der Waals surface area (Å²) < 4.78 is 5.66. The standard InChI is InChI=1S/C30H42N4O5/c1-22(34(21-35)39-26-17-8-9-19-38-26)25(16-10-14-23-12-6-5-7-13-23)28(36)33-27(30(2,3)4)29(37)32-24-15-11-18-31-20-24/h5-7,11-13,15,18,20-22,25-27H,8-10,14,16-17,19H2,1-4H3,(H,32,37)(H,33,36)/t22-,25+,26?,27+/m0/s1. The predicted molar refractivity (Wildman–Crippen MR) is 149 cm³/mol. The van der Waals surface area contributed by atoms with Gasteiger partial charge in [-0.25, -0.2) is 9.90 Å². The second-order valence-electron chi connectivity index (χ2n) is 11.1. The number of pyridine rings is 1. The molecule has 39 heavy (non-hydrogen) atoms. The van der Waals surface area contributed by atoms with Crippen LogP contribution in [0.5, 0.6) is 0 Å². The number of hydrogen-bond donors (Lipinski definition) is 2. The number of aromatic nitrogens is 1. The number of anilines is 1. The Balaban J connectivity index is 1.76. The van der Waals surface area contributed by atoms with Gasteiger partial charge in [0.25, 0.3) is 0 Å². The van der Waals surface area contributed by atoms with Crippen molar-refractivity contribution < 1.29 is 24.0 Å². The molecule has 4 atom stereocenters. The molecule has 212 valence electrons. The first-order valence-corrected chi connectivity index (χ1v) is 13.8. The first kappa shape index (κ1) is 30.2. The monoisotopic (exact) mass is 538 g/mol. The molecule has 0 bridgehead atoms. The van der Waals surface area contributed by atoms with Crippen molar-refractivity contribution in [2.24, 2.45) is 11.3 Å². The lowest BCUT2D eigenvalue weighted by atomic mass is 9.84. The van der Waals surface area contributed by atoms with Gasteiger partial charge in [0.05, 0.1) is 23.8 Å². The molecule has 2 heterocycles. The Labute approximate surface area is 231 Å². The summed E-state index contributed by atoms with van der Waals surface area (Å²) in [6.07, 6.45) is 7.87. The summed E-state index contributed by atoms with van der Waals surface area (Å²) in [5.74, 6) is -1.26. The third kappa shape index (κ3) is 9.44. The molecule has 0 radical (unpaired) electrons. The summed E-state index contributed by atoms with van der Waals surface area (Å²) in [5, 5.41) is 7.04. The highest BCUT2D eigenvalue weighted by Crippen LogP contribution is 2.25. The summed E-state index contributed by atoms with van der Waals surface area (Å²) in [7, 11) is 0. The van der Waals surface area contributed by atoms with Crippen LogP contribution in [0.2, 0.25) is 0 Å². The Morgan fingerprint density at radius 2 is 1.92 bits per heavy atom. The van der Waals surface area contributed by atoms with Gasteiger partial charge in [-0.3, -0.25) is 19.4 Å². The zero-order chi connectivity index (χ0) is 28.3. The second kappa shape index (κ2) is 14.7. The van der Waals surface area contributed by atoms with Crippen molar-refractivity contribution in [3.63, 3.8) is 0 Å². The third-order valence-corrected chi connectivity index (χ3v) is 6.97. The van der Waals surface area contributed by atoms with Crippen LogP contribution in [0.3, 0.4) is 0 Å². The number of aryl methyl sites for hydroxylation is 1. The predicted octanol–water partition coefficient (Wildman–Crippen LogP) is 4.50. The Morgan fingerprint density at radius 3 is 2.54 bits per heavy atom. The maximum absolute atomic E-state index is 13.8. The highest BCUT2D eigenvalue weighted by molar-refractivity contribution is 5.98. The van der Waals surface area contributed by atoms with E-state index in [1.807, 2.05) is 39.0 Å². The van der Waals surface area contributed by atoms with E-state index in [1.165, 1.54) is 10.6 Å². The lowest BCUT2D eigenvalue weighted by Gasteiger charge is -2.36. The number of nitrogens with one attached hydrogen (secondary N) is 2. The van der Waals surface area contributed by atoms with E-state index >= 15 is 0 Å². The van der Waals surface area contributed by atoms with Crippen LogP contribution in [-0.2, 0) is 30.4 Å². The van der Waals surface area contributed by atoms with Crippen molar-refractivity contribution in [1.82, 2.24) is 15.4 Å². The molecule has 1 unspecified atom stereocenters. The Bertz CT molecular complexity index is 1040. The van der Waals surface area contributed by atoms with Gasteiger partial charge in [-0.15, -0.1) is 0 Å². The van der Waals surface area contributed by atoms with Gasteiger partial charge >= 0.3 is 0 Å². The fraction of sp³-hybridized carbons (Fsp3) is 0.533. The van der Waals surface area contributed by atoms with Crippen LogP contribution in [0.15, 0.2) is 54.9 Å². The molecule has 0 saturated carbocycles. The number of benzene rings is 1. The molecule has 1 fully saturated rings. The summed E-state index contributed by atoms with van der Waals surface area (Å²) in [6, 6.07) is 12.1. The number of ether oxygens (including phenoxy) is 1. The van der Waals surface area contributed by atoms with E-state index in [9.17, 15) is 14.4 Å². The van der Waals surface area contributed by atoms with Gasteiger partial charge in [0, 0.05) is 19.2 Å². The zero-order valence-electron chi connectivity index (χ0n) is 23.5.